The van der Waals surface area contributed by atoms with Crippen molar-refractivity contribution in [2.24, 2.45) is 16.7 Å². The summed E-state index contributed by atoms with van der Waals surface area (Å²) in [5, 5.41) is 13.5. The van der Waals surface area contributed by atoms with Crippen LogP contribution in [0.3, 0.4) is 0 Å². The van der Waals surface area contributed by atoms with Crippen LogP contribution in [0.25, 0.3) is 0 Å². The van der Waals surface area contributed by atoms with Crippen molar-refractivity contribution >= 4 is 5.96 Å². The van der Waals surface area contributed by atoms with E-state index in [1.807, 2.05) is 0 Å². The van der Waals surface area contributed by atoms with Crippen molar-refractivity contribution in [3.63, 3.8) is 0 Å². The van der Waals surface area contributed by atoms with Crippen LogP contribution in [0.5, 0.6) is 0 Å². The predicted octanol–water partition coefficient (Wildman–Crippen LogP) is 4.05. The standard InChI is InChI=1S/C19H16F9N7/c1-34(31)33-16(30)35(9-11-4-14(19(26,27)28)7-32-15(11)6-29)8-10-2-12(17(20,21)22)5-13(3-10)18(23,24)25/h2-5,7H,8-9,31H2,1H3,(H2,30,33). The lowest BCUT2D eigenvalue weighted by Crippen LogP contribution is -2.39. The molecule has 0 aliphatic carbocycles. The minimum absolute atomic E-state index is 0.0799. The normalized spacial score (nSPS) is 12.9. The second-order valence-electron chi connectivity index (χ2n) is 7.14. The van der Waals surface area contributed by atoms with Gasteiger partial charge in [0.15, 0.2) is 0 Å². The summed E-state index contributed by atoms with van der Waals surface area (Å²) in [6.07, 6.45) is -14.7. The first-order valence-corrected chi connectivity index (χ1v) is 9.24. The summed E-state index contributed by atoms with van der Waals surface area (Å²) < 4.78 is 119. The number of aromatic nitrogens is 1. The van der Waals surface area contributed by atoms with Crippen LogP contribution in [0.4, 0.5) is 39.5 Å². The lowest BCUT2D eigenvalue weighted by molar-refractivity contribution is -0.143. The van der Waals surface area contributed by atoms with Gasteiger partial charge in [-0.2, -0.15) is 44.8 Å². The Morgan fingerprint density at radius 2 is 1.43 bits per heavy atom. The lowest BCUT2D eigenvalue weighted by atomic mass is 10.0. The summed E-state index contributed by atoms with van der Waals surface area (Å²) in [6.45, 7) is -1.45. The molecule has 0 fully saturated rings. The van der Waals surface area contributed by atoms with Gasteiger partial charge in [0.2, 0.25) is 5.96 Å². The number of nitriles is 1. The number of benzene rings is 1. The fourth-order valence-electron chi connectivity index (χ4n) is 2.87. The SMILES string of the molecule is CN(N)/N=C(\N)N(Cc1cc(C(F)(F)F)cc(C(F)(F)F)c1)Cc1cc(C(F)(F)F)cnc1C#N. The van der Waals surface area contributed by atoms with Gasteiger partial charge in [0.25, 0.3) is 0 Å². The zero-order valence-corrected chi connectivity index (χ0v) is 17.6. The summed E-state index contributed by atoms with van der Waals surface area (Å²) in [5.74, 6) is 4.78. The average molecular weight is 513 g/mol. The molecular weight excluding hydrogens is 497 g/mol. The van der Waals surface area contributed by atoms with Crippen molar-refractivity contribution in [1.82, 2.24) is 15.0 Å². The Hall–Kier alpha value is -3.74. The highest BCUT2D eigenvalue weighted by molar-refractivity contribution is 5.77. The molecular formula is C19H16F9N7. The van der Waals surface area contributed by atoms with Crippen LogP contribution in [0.2, 0.25) is 0 Å². The van der Waals surface area contributed by atoms with Gasteiger partial charge in [0, 0.05) is 31.9 Å². The summed E-state index contributed by atoms with van der Waals surface area (Å²) in [7, 11) is 1.18. The van der Waals surface area contributed by atoms with E-state index in [1.165, 1.54) is 7.05 Å². The Labute approximate surface area is 192 Å². The van der Waals surface area contributed by atoms with Gasteiger partial charge >= 0.3 is 18.5 Å². The minimum atomic E-state index is -5.13. The third-order valence-electron chi connectivity index (χ3n) is 4.37. The zero-order valence-electron chi connectivity index (χ0n) is 17.6. The van der Waals surface area contributed by atoms with E-state index in [0.29, 0.717) is 29.5 Å². The first kappa shape index (κ1) is 27.5. The van der Waals surface area contributed by atoms with E-state index in [0.717, 1.165) is 4.90 Å². The van der Waals surface area contributed by atoms with Crippen LogP contribution in [0.15, 0.2) is 35.6 Å². The highest BCUT2D eigenvalue weighted by Gasteiger charge is 2.37. The molecule has 0 aliphatic rings. The number of hydrogen-bond donors (Lipinski definition) is 2. The van der Waals surface area contributed by atoms with E-state index in [-0.39, 0.29) is 11.6 Å². The van der Waals surface area contributed by atoms with E-state index in [9.17, 15) is 44.8 Å². The van der Waals surface area contributed by atoms with Crippen LogP contribution in [0.1, 0.15) is 33.5 Å². The summed E-state index contributed by atoms with van der Waals surface area (Å²) in [4.78, 5) is 4.26. The van der Waals surface area contributed by atoms with Gasteiger partial charge in [-0.1, -0.05) is 0 Å². The highest BCUT2D eigenvalue weighted by atomic mass is 19.4. The molecule has 0 amide bonds. The van der Waals surface area contributed by atoms with E-state index < -0.39 is 65.5 Å². The quantitative estimate of drug-likeness (QED) is 0.206. The molecule has 7 nitrogen and oxygen atoms in total. The molecule has 0 saturated carbocycles. The maximum absolute atomic E-state index is 13.2. The smallest absolute Gasteiger partial charge is 0.368 e. The minimum Gasteiger partial charge on any atom is -0.368 e. The number of halogens is 9. The number of nitrogens with zero attached hydrogens (tertiary/aromatic N) is 5. The fourth-order valence-corrected chi connectivity index (χ4v) is 2.87. The van der Waals surface area contributed by atoms with Crippen LogP contribution < -0.4 is 11.6 Å². The first-order chi connectivity index (χ1) is 15.9. The zero-order chi connectivity index (χ0) is 26.8. The van der Waals surface area contributed by atoms with Crippen molar-refractivity contribution in [1.29, 1.82) is 5.26 Å². The Balaban J connectivity index is 2.61. The van der Waals surface area contributed by atoms with Crippen molar-refractivity contribution in [2.45, 2.75) is 31.6 Å². The van der Waals surface area contributed by atoms with Crippen LogP contribution >= 0.6 is 0 Å². The molecule has 0 aliphatic heterocycles. The monoisotopic (exact) mass is 513 g/mol. The molecule has 2 aromatic rings. The molecule has 1 aromatic carbocycles. The maximum Gasteiger partial charge on any atom is 0.417 e. The molecule has 0 atom stereocenters. The van der Waals surface area contributed by atoms with Crippen LogP contribution in [0, 0.1) is 11.3 Å². The number of hydrogen-bond acceptors (Lipinski definition) is 5. The third kappa shape index (κ3) is 7.37. The molecule has 2 rings (SSSR count). The Kier molecular flexibility index (Phi) is 7.75. The number of alkyl halides is 9. The topological polar surface area (TPSA) is 108 Å². The van der Waals surface area contributed by atoms with Crippen molar-refractivity contribution < 1.29 is 39.5 Å². The number of guanidine groups is 1. The fraction of sp³-hybridized carbons (Fsp3) is 0.316. The van der Waals surface area contributed by atoms with Crippen molar-refractivity contribution in [3.05, 3.63) is 64.0 Å². The molecule has 35 heavy (non-hydrogen) atoms. The van der Waals surface area contributed by atoms with Gasteiger partial charge in [-0.25, -0.2) is 15.9 Å². The molecule has 4 N–H and O–H groups in total. The number of rotatable bonds is 5. The largest absolute Gasteiger partial charge is 0.417 e. The third-order valence-corrected chi connectivity index (χ3v) is 4.37. The van der Waals surface area contributed by atoms with Gasteiger partial charge in [-0.15, -0.1) is 5.10 Å². The number of nitrogens with two attached hydrogens (primary N) is 2. The molecule has 0 radical (unpaired) electrons. The molecule has 0 saturated heterocycles. The molecule has 16 heteroatoms. The van der Waals surface area contributed by atoms with Crippen molar-refractivity contribution in [2.75, 3.05) is 7.05 Å². The van der Waals surface area contributed by atoms with Gasteiger partial charge < -0.3 is 10.6 Å². The Bertz CT molecular complexity index is 1100. The lowest BCUT2D eigenvalue weighted by Gasteiger charge is -2.26. The van der Waals surface area contributed by atoms with Crippen LogP contribution in [-0.2, 0) is 31.6 Å². The molecule has 190 valence electrons. The van der Waals surface area contributed by atoms with E-state index >= 15 is 0 Å². The van der Waals surface area contributed by atoms with E-state index in [4.69, 9.17) is 11.6 Å². The highest BCUT2D eigenvalue weighted by Crippen LogP contribution is 2.37. The maximum atomic E-state index is 13.2. The van der Waals surface area contributed by atoms with Gasteiger partial charge in [0.1, 0.15) is 11.8 Å². The molecule has 1 aromatic heterocycles. The van der Waals surface area contributed by atoms with Gasteiger partial charge in [-0.05, 0) is 29.8 Å². The van der Waals surface area contributed by atoms with Gasteiger partial charge in [0.05, 0.1) is 16.7 Å². The number of pyridine rings is 1. The Morgan fingerprint density at radius 1 is 0.914 bits per heavy atom. The summed E-state index contributed by atoms with van der Waals surface area (Å²) >= 11 is 0. The summed E-state index contributed by atoms with van der Waals surface area (Å²) in [6, 6.07) is 2.90. The summed E-state index contributed by atoms with van der Waals surface area (Å²) in [5.41, 5.74) is -0.0583. The molecule has 0 bridgehead atoms. The first-order valence-electron chi connectivity index (χ1n) is 9.24. The van der Waals surface area contributed by atoms with E-state index in [1.54, 1.807) is 6.07 Å². The average Bonchev–Trinajstić information content (AvgIpc) is 2.70. The molecule has 0 unspecified atom stereocenters. The van der Waals surface area contributed by atoms with Gasteiger partial charge in [-0.3, -0.25) is 0 Å². The second-order valence-corrected chi connectivity index (χ2v) is 7.14. The Morgan fingerprint density at radius 3 is 1.86 bits per heavy atom. The van der Waals surface area contributed by atoms with Crippen molar-refractivity contribution in [3.8, 4) is 6.07 Å². The number of hydrazone groups is 1. The van der Waals surface area contributed by atoms with Crippen LogP contribution in [-0.4, -0.2) is 28.0 Å². The van der Waals surface area contributed by atoms with E-state index in [2.05, 4.69) is 10.1 Å². The predicted molar refractivity (Wildman–Crippen MR) is 103 cm³/mol. The second kappa shape index (κ2) is 9.86. The number of hydrazine groups is 1. The molecule has 0 spiro atoms. The molecule has 1 heterocycles.